The van der Waals surface area contributed by atoms with Crippen LogP contribution in [0.1, 0.15) is 37.5 Å². The molecule has 0 bridgehead atoms. The molecule has 1 unspecified atom stereocenters. The number of aromatic nitrogens is 4. The first-order valence-electron chi connectivity index (χ1n) is 6.86. The molecule has 2 aromatic heterocycles. The summed E-state index contributed by atoms with van der Waals surface area (Å²) in [5.74, 6) is 0.996. The fraction of sp³-hybridized carbons (Fsp3) is 0.571. The highest BCUT2D eigenvalue weighted by Gasteiger charge is 2.14. The normalized spacial score (nSPS) is 12.9. The van der Waals surface area contributed by atoms with Crippen molar-refractivity contribution in [2.24, 2.45) is 5.73 Å². The van der Waals surface area contributed by atoms with Crippen LogP contribution in [0.15, 0.2) is 6.20 Å². The Morgan fingerprint density at radius 2 is 2.16 bits per heavy atom. The first-order valence-corrected chi connectivity index (χ1v) is 6.86. The summed E-state index contributed by atoms with van der Waals surface area (Å²) in [5.41, 5.74) is 10.2. The molecule has 5 heteroatoms. The maximum absolute atomic E-state index is 5.77. The minimum absolute atomic E-state index is 0.208. The number of rotatable bonds is 5. The molecule has 2 rings (SSSR count). The van der Waals surface area contributed by atoms with Crippen molar-refractivity contribution >= 4 is 0 Å². The van der Waals surface area contributed by atoms with E-state index in [0.717, 1.165) is 36.6 Å². The summed E-state index contributed by atoms with van der Waals surface area (Å²) >= 11 is 0. The smallest absolute Gasteiger partial charge is 0.106 e. The highest BCUT2D eigenvalue weighted by molar-refractivity contribution is 5.64. The van der Waals surface area contributed by atoms with Gasteiger partial charge in [0.2, 0.25) is 0 Å². The van der Waals surface area contributed by atoms with Crippen LogP contribution in [0.4, 0.5) is 0 Å². The van der Waals surface area contributed by atoms with E-state index in [1.165, 1.54) is 11.3 Å². The number of aryl methyl sites for hydroxylation is 3. The van der Waals surface area contributed by atoms with Crippen LogP contribution < -0.4 is 5.73 Å². The van der Waals surface area contributed by atoms with Crippen LogP contribution in [0, 0.1) is 13.8 Å². The third-order valence-electron chi connectivity index (χ3n) is 3.42. The van der Waals surface area contributed by atoms with Gasteiger partial charge in [-0.15, -0.1) is 0 Å². The van der Waals surface area contributed by atoms with Gasteiger partial charge in [0, 0.05) is 30.3 Å². The zero-order valence-electron chi connectivity index (χ0n) is 12.2. The summed E-state index contributed by atoms with van der Waals surface area (Å²) in [7, 11) is 0. The van der Waals surface area contributed by atoms with Crippen molar-refractivity contribution in [1.29, 1.82) is 0 Å². The van der Waals surface area contributed by atoms with Crippen LogP contribution in [0.25, 0.3) is 11.3 Å². The molecule has 0 aliphatic rings. The molecule has 0 spiro atoms. The van der Waals surface area contributed by atoms with Gasteiger partial charge in [-0.25, -0.2) is 4.98 Å². The van der Waals surface area contributed by atoms with Crippen molar-refractivity contribution in [2.75, 3.05) is 0 Å². The second-order valence-electron chi connectivity index (χ2n) is 5.12. The number of hydrogen-bond acceptors (Lipinski definition) is 3. The summed E-state index contributed by atoms with van der Waals surface area (Å²) in [6, 6.07) is 0.208. The quantitative estimate of drug-likeness (QED) is 0.866. The molecular formula is C14H23N5. The van der Waals surface area contributed by atoms with E-state index in [9.17, 15) is 0 Å². The Morgan fingerprint density at radius 1 is 1.42 bits per heavy atom. The summed E-state index contributed by atoms with van der Waals surface area (Å²) in [5, 5.41) is 4.54. The summed E-state index contributed by atoms with van der Waals surface area (Å²) in [6.45, 7) is 9.14. The molecule has 0 aliphatic heterocycles. The molecule has 5 nitrogen and oxygen atoms in total. The summed E-state index contributed by atoms with van der Waals surface area (Å²) in [4.78, 5) is 7.82. The number of nitrogens with zero attached hydrogens (tertiary/aromatic N) is 3. The maximum Gasteiger partial charge on any atom is 0.106 e. The van der Waals surface area contributed by atoms with Crippen molar-refractivity contribution in [1.82, 2.24) is 19.7 Å². The lowest BCUT2D eigenvalue weighted by Gasteiger charge is -2.02. The maximum atomic E-state index is 5.77. The number of nitrogens with two attached hydrogens (primary N) is 1. The first-order chi connectivity index (χ1) is 9.02. The van der Waals surface area contributed by atoms with Crippen LogP contribution in [-0.2, 0) is 13.0 Å². The average Bonchev–Trinajstić information content (AvgIpc) is 2.91. The number of H-pyrrole nitrogens is 1. The van der Waals surface area contributed by atoms with Crippen molar-refractivity contribution < 1.29 is 0 Å². The Balaban J connectivity index is 2.25. The van der Waals surface area contributed by atoms with E-state index in [1.807, 2.05) is 24.7 Å². The Kier molecular flexibility index (Phi) is 4.04. The van der Waals surface area contributed by atoms with E-state index in [0.29, 0.717) is 0 Å². The molecule has 0 radical (unpaired) electrons. The first kappa shape index (κ1) is 13.8. The van der Waals surface area contributed by atoms with E-state index < -0.39 is 0 Å². The van der Waals surface area contributed by atoms with Gasteiger partial charge < -0.3 is 10.7 Å². The predicted molar refractivity (Wildman–Crippen MR) is 76.9 cm³/mol. The zero-order chi connectivity index (χ0) is 14.0. The third-order valence-corrected chi connectivity index (χ3v) is 3.42. The Hall–Kier alpha value is -1.62. The summed E-state index contributed by atoms with van der Waals surface area (Å²) in [6.07, 6.45) is 3.73. The molecule has 104 valence electrons. The Morgan fingerprint density at radius 3 is 2.74 bits per heavy atom. The van der Waals surface area contributed by atoms with Crippen molar-refractivity contribution in [3.63, 3.8) is 0 Å². The van der Waals surface area contributed by atoms with Gasteiger partial charge in [-0.2, -0.15) is 5.10 Å². The van der Waals surface area contributed by atoms with Crippen LogP contribution in [0.5, 0.6) is 0 Å². The van der Waals surface area contributed by atoms with Gasteiger partial charge in [-0.3, -0.25) is 4.68 Å². The van der Waals surface area contributed by atoms with Crippen LogP contribution >= 0.6 is 0 Å². The predicted octanol–water partition coefficient (Wildman–Crippen LogP) is 2.19. The number of hydrogen-bond donors (Lipinski definition) is 2. The minimum atomic E-state index is 0.208. The van der Waals surface area contributed by atoms with Crippen molar-refractivity contribution in [3.8, 4) is 11.3 Å². The lowest BCUT2D eigenvalue weighted by Crippen LogP contribution is -2.15. The molecule has 0 saturated carbocycles. The van der Waals surface area contributed by atoms with Gasteiger partial charge in [0.15, 0.2) is 0 Å². The second-order valence-corrected chi connectivity index (χ2v) is 5.12. The van der Waals surface area contributed by atoms with Crippen LogP contribution in [0.3, 0.4) is 0 Å². The molecule has 2 aromatic rings. The standard InChI is InChI=1S/C14H23N5/c1-5-19-11(4)14(10(3)18-19)12-8-16-13(17-12)7-6-9(2)15/h8-9H,5-7,15H2,1-4H3,(H,16,17). The monoisotopic (exact) mass is 261 g/mol. The van der Waals surface area contributed by atoms with Gasteiger partial charge in [0.1, 0.15) is 5.82 Å². The van der Waals surface area contributed by atoms with Gasteiger partial charge in [0.05, 0.1) is 17.6 Å². The molecule has 0 fully saturated rings. The van der Waals surface area contributed by atoms with Crippen molar-refractivity contribution in [3.05, 3.63) is 23.4 Å². The van der Waals surface area contributed by atoms with Gasteiger partial charge >= 0.3 is 0 Å². The fourth-order valence-corrected chi connectivity index (χ4v) is 2.38. The third kappa shape index (κ3) is 2.87. The van der Waals surface area contributed by atoms with E-state index in [4.69, 9.17) is 5.73 Å². The molecule has 0 aromatic carbocycles. The van der Waals surface area contributed by atoms with Gasteiger partial charge in [-0.05, 0) is 34.1 Å². The molecule has 0 aliphatic carbocycles. The minimum Gasteiger partial charge on any atom is -0.342 e. The largest absolute Gasteiger partial charge is 0.342 e. The molecule has 0 amide bonds. The average molecular weight is 261 g/mol. The van der Waals surface area contributed by atoms with Crippen LogP contribution in [-0.4, -0.2) is 25.8 Å². The van der Waals surface area contributed by atoms with E-state index >= 15 is 0 Å². The number of aromatic amines is 1. The Labute approximate surface area is 114 Å². The number of imidazole rings is 1. The lowest BCUT2D eigenvalue weighted by atomic mass is 10.1. The van der Waals surface area contributed by atoms with Gasteiger partial charge in [-0.1, -0.05) is 0 Å². The molecule has 19 heavy (non-hydrogen) atoms. The molecule has 3 N–H and O–H groups in total. The molecule has 1 atom stereocenters. The molecule has 0 saturated heterocycles. The Bertz CT molecular complexity index is 550. The second kappa shape index (κ2) is 5.57. The lowest BCUT2D eigenvalue weighted by molar-refractivity contribution is 0.634. The SMILES string of the molecule is CCn1nc(C)c(-c2cnc(CCC(C)N)[nH]2)c1C. The molecular weight excluding hydrogens is 238 g/mol. The number of nitrogens with one attached hydrogen (secondary N) is 1. The van der Waals surface area contributed by atoms with Crippen LogP contribution in [0.2, 0.25) is 0 Å². The highest BCUT2D eigenvalue weighted by atomic mass is 15.3. The van der Waals surface area contributed by atoms with Gasteiger partial charge in [0.25, 0.3) is 0 Å². The van der Waals surface area contributed by atoms with E-state index in [-0.39, 0.29) is 6.04 Å². The highest BCUT2D eigenvalue weighted by Crippen LogP contribution is 2.25. The topological polar surface area (TPSA) is 72.5 Å². The fourth-order valence-electron chi connectivity index (χ4n) is 2.38. The van der Waals surface area contributed by atoms with E-state index in [2.05, 4.69) is 28.9 Å². The summed E-state index contributed by atoms with van der Waals surface area (Å²) < 4.78 is 2.02. The zero-order valence-corrected chi connectivity index (χ0v) is 12.2. The van der Waals surface area contributed by atoms with Crippen molar-refractivity contribution in [2.45, 2.75) is 53.1 Å². The molecule has 2 heterocycles. The van der Waals surface area contributed by atoms with E-state index in [1.54, 1.807) is 0 Å².